The van der Waals surface area contributed by atoms with Gasteiger partial charge in [-0.15, -0.1) is 0 Å². The van der Waals surface area contributed by atoms with Crippen molar-refractivity contribution < 1.29 is 27.5 Å². The second-order valence-electron chi connectivity index (χ2n) is 8.57. The van der Waals surface area contributed by atoms with Gasteiger partial charge in [-0.25, -0.2) is 8.42 Å². The average Bonchev–Trinajstić information content (AvgIpc) is 3.43. The van der Waals surface area contributed by atoms with Crippen molar-refractivity contribution in [2.45, 2.75) is 50.1 Å². The quantitative estimate of drug-likeness (QED) is 0.672. The molecule has 1 saturated heterocycles. The van der Waals surface area contributed by atoms with E-state index in [1.54, 1.807) is 35.2 Å². The van der Waals surface area contributed by atoms with Crippen molar-refractivity contribution >= 4 is 33.2 Å². The summed E-state index contributed by atoms with van der Waals surface area (Å²) in [4.78, 5) is 26.9. The van der Waals surface area contributed by atoms with E-state index in [0.29, 0.717) is 36.4 Å². The molecule has 0 aliphatic carbocycles. The lowest BCUT2D eigenvalue weighted by molar-refractivity contribution is -0.119. The Kier molecular flexibility index (Phi) is 6.55. The smallest absolute Gasteiger partial charge is 0.243 e. The molecule has 0 spiro atoms. The minimum absolute atomic E-state index is 0.0303. The number of rotatable bonds is 6. The van der Waals surface area contributed by atoms with Crippen molar-refractivity contribution in [1.29, 1.82) is 0 Å². The van der Waals surface area contributed by atoms with Crippen molar-refractivity contribution in [3.8, 4) is 11.5 Å². The van der Waals surface area contributed by atoms with Crippen LogP contribution in [0.3, 0.4) is 0 Å². The van der Waals surface area contributed by atoms with Crippen LogP contribution < -0.4 is 19.7 Å². The number of nitrogens with zero attached hydrogens (tertiary/aromatic N) is 2. The van der Waals surface area contributed by atoms with E-state index in [4.69, 9.17) is 9.47 Å². The minimum atomic E-state index is -3.90. The van der Waals surface area contributed by atoms with Crippen LogP contribution in [0.1, 0.15) is 32.3 Å². The topological polar surface area (TPSA) is 105 Å². The summed E-state index contributed by atoms with van der Waals surface area (Å²) in [5.74, 6) is 0.516. The standard InChI is InChI=1S/C24H29N3O6S/c1-15-12-17-13-19(8-9-20(17)27(15)16(2)28)34(30,31)26-11-5-6-21(26)24(29)25-18-7-10-22(32-3)23(14-18)33-4/h7-10,13-15,21H,5-6,11-12H2,1-4H3,(H,25,29)/t15-,21+/m0/s1. The zero-order valence-electron chi connectivity index (χ0n) is 19.7. The first-order valence-corrected chi connectivity index (χ1v) is 12.6. The van der Waals surface area contributed by atoms with E-state index in [1.165, 1.54) is 31.5 Å². The lowest BCUT2D eigenvalue weighted by Gasteiger charge is -2.24. The SMILES string of the molecule is COc1ccc(NC(=O)[C@H]2CCCN2S(=O)(=O)c2ccc3c(c2)C[C@H](C)N3C(C)=O)cc1OC. The third-order valence-corrected chi connectivity index (χ3v) is 8.27. The number of benzene rings is 2. The van der Waals surface area contributed by atoms with Crippen molar-refractivity contribution in [1.82, 2.24) is 4.31 Å². The molecule has 0 radical (unpaired) electrons. The number of amides is 2. The number of hydrogen-bond donors (Lipinski definition) is 1. The molecule has 4 rings (SSSR count). The summed E-state index contributed by atoms with van der Waals surface area (Å²) in [6.45, 7) is 3.70. The van der Waals surface area contributed by atoms with Gasteiger partial charge in [0.1, 0.15) is 6.04 Å². The molecule has 2 heterocycles. The molecule has 1 N–H and O–H groups in total. The van der Waals surface area contributed by atoms with Crippen LogP contribution in [0.5, 0.6) is 11.5 Å². The summed E-state index contributed by atoms with van der Waals surface area (Å²) in [7, 11) is -0.877. The number of hydrogen-bond acceptors (Lipinski definition) is 6. The molecule has 34 heavy (non-hydrogen) atoms. The third-order valence-electron chi connectivity index (χ3n) is 6.37. The van der Waals surface area contributed by atoms with Crippen molar-refractivity contribution in [3.63, 3.8) is 0 Å². The average molecular weight is 488 g/mol. The molecule has 2 atom stereocenters. The van der Waals surface area contributed by atoms with E-state index in [2.05, 4.69) is 5.32 Å². The fraction of sp³-hybridized carbons (Fsp3) is 0.417. The molecule has 1 fully saturated rings. The molecule has 2 aliphatic heterocycles. The number of methoxy groups -OCH3 is 2. The van der Waals surface area contributed by atoms with Gasteiger partial charge in [-0.3, -0.25) is 9.59 Å². The Hall–Kier alpha value is -3.11. The number of fused-ring (bicyclic) bond motifs is 1. The van der Waals surface area contributed by atoms with Crippen LogP contribution in [0, 0.1) is 0 Å². The highest BCUT2D eigenvalue weighted by molar-refractivity contribution is 7.89. The maximum absolute atomic E-state index is 13.5. The van der Waals surface area contributed by atoms with Gasteiger partial charge in [-0.05, 0) is 62.1 Å². The molecule has 10 heteroatoms. The first-order chi connectivity index (χ1) is 16.2. The van der Waals surface area contributed by atoms with E-state index in [-0.39, 0.29) is 23.4 Å². The third kappa shape index (κ3) is 4.23. The predicted molar refractivity (Wildman–Crippen MR) is 128 cm³/mol. The highest BCUT2D eigenvalue weighted by Gasteiger charge is 2.40. The minimum Gasteiger partial charge on any atom is -0.493 e. The molecule has 2 aromatic carbocycles. The number of nitrogens with one attached hydrogen (secondary N) is 1. The molecule has 2 aliphatic rings. The van der Waals surface area contributed by atoms with Gasteiger partial charge in [0.2, 0.25) is 21.8 Å². The summed E-state index contributed by atoms with van der Waals surface area (Å²) in [5, 5.41) is 2.80. The van der Waals surface area contributed by atoms with Gasteiger partial charge in [0.25, 0.3) is 0 Å². The normalized spacial score (nSPS) is 20.2. The molecule has 182 valence electrons. The van der Waals surface area contributed by atoms with Gasteiger partial charge >= 0.3 is 0 Å². The molecule has 2 aromatic rings. The van der Waals surface area contributed by atoms with Gasteiger partial charge in [0, 0.05) is 37.0 Å². The predicted octanol–water partition coefficient (Wildman–Crippen LogP) is 2.79. The lowest BCUT2D eigenvalue weighted by atomic mass is 10.1. The summed E-state index contributed by atoms with van der Waals surface area (Å²) in [5.41, 5.74) is 2.04. The Morgan fingerprint density at radius 2 is 1.79 bits per heavy atom. The number of carbonyl (C=O) groups is 2. The fourth-order valence-corrected chi connectivity index (χ4v) is 6.52. The van der Waals surface area contributed by atoms with E-state index in [9.17, 15) is 18.0 Å². The van der Waals surface area contributed by atoms with Crippen molar-refractivity contribution in [2.24, 2.45) is 0 Å². The van der Waals surface area contributed by atoms with E-state index in [1.807, 2.05) is 6.92 Å². The Morgan fingerprint density at radius 3 is 2.47 bits per heavy atom. The lowest BCUT2D eigenvalue weighted by Crippen LogP contribution is -2.43. The number of sulfonamides is 1. The first kappa shape index (κ1) is 24.0. The van der Waals surface area contributed by atoms with Crippen molar-refractivity contribution in [3.05, 3.63) is 42.0 Å². The maximum atomic E-state index is 13.5. The second-order valence-corrected chi connectivity index (χ2v) is 10.5. The Labute approximate surface area is 199 Å². The first-order valence-electron chi connectivity index (χ1n) is 11.1. The van der Waals surface area contributed by atoms with Crippen LogP contribution in [0.25, 0.3) is 0 Å². The summed E-state index contributed by atoms with van der Waals surface area (Å²) >= 11 is 0. The summed E-state index contributed by atoms with van der Waals surface area (Å²) in [6, 6.07) is 8.96. The van der Waals surface area contributed by atoms with Crippen LogP contribution in [0.2, 0.25) is 0 Å². The molecule has 9 nitrogen and oxygen atoms in total. The fourth-order valence-electron chi connectivity index (χ4n) is 4.81. The molecule has 0 saturated carbocycles. The summed E-state index contributed by atoms with van der Waals surface area (Å²) in [6.07, 6.45) is 1.60. The molecular weight excluding hydrogens is 458 g/mol. The molecular formula is C24H29N3O6S. The zero-order valence-corrected chi connectivity index (χ0v) is 20.5. The van der Waals surface area contributed by atoms with Crippen LogP contribution in [0.4, 0.5) is 11.4 Å². The molecule has 2 amide bonds. The van der Waals surface area contributed by atoms with Gasteiger partial charge in [-0.1, -0.05) is 0 Å². The Morgan fingerprint density at radius 1 is 1.06 bits per heavy atom. The van der Waals surface area contributed by atoms with Gasteiger partial charge in [0.15, 0.2) is 11.5 Å². The van der Waals surface area contributed by atoms with Crippen LogP contribution in [0.15, 0.2) is 41.3 Å². The monoisotopic (exact) mass is 487 g/mol. The van der Waals surface area contributed by atoms with E-state index in [0.717, 1.165) is 11.3 Å². The number of anilines is 2. The van der Waals surface area contributed by atoms with E-state index < -0.39 is 22.0 Å². The van der Waals surface area contributed by atoms with E-state index >= 15 is 0 Å². The van der Waals surface area contributed by atoms with Crippen LogP contribution >= 0.6 is 0 Å². The summed E-state index contributed by atoms with van der Waals surface area (Å²) < 4.78 is 38.8. The Balaban J connectivity index is 1.56. The zero-order chi connectivity index (χ0) is 24.6. The van der Waals surface area contributed by atoms with Gasteiger partial charge in [0.05, 0.1) is 19.1 Å². The van der Waals surface area contributed by atoms with Gasteiger partial charge in [-0.2, -0.15) is 4.31 Å². The molecule has 0 bridgehead atoms. The van der Waals surface area contributed by atoms with Gasteiger partial charge < -0.3 is 19.7 Å². The molecule has 0 unspecified atom stereocenters. The largest absolute Gasteiger partial charge is 0.493 e. The highest BCUT2D eigenvalue weighted by Crippen LogP contribution is 2.36. The maximum Gasteiger partial charge on any atom is 0.243 e. The number of ether oxygens (including phenoxy) is 2. The Bertz CT molecular complexity index is 1230. The van der Waals surface area contributed by atoms with Crippen LogP contribution in [-0.2, 0) is 26.0 Å². The highest BCUT2D eigenvalue weighted by atomic mass is 32.2. The molecule has 0 aromatic heterocycles. The van der Waals surface area contributed by atoms with Crippen LogP contribution in [-0.4, -0.2) is 57.4 Å². The number of carbonyl (C=O) groups excluding carboxylic acids is 2. The van der Waals surface area contributed by atoms with Crippen molar-refractivity contribution in [2.75, 3.05) is 31.0 Å². The second kappa shape index (κ2) is 9.27.